The van der Waals surface area contributed by atoms with Crippen molar-refractivity contribution < 1.29 is 18.7 Å². The maximum atomic E-state index is 13.6. The number of hydrogen-bond acceptors (Lipinski definition) is 5. The third-order valence-corrected chi connectivity index (χ3v) is 6.31. The van der Waals surface area contributed by atoms with Crippen LogP contribution in [0, 0.1) is 0 Å². The van der Waals surface area contributed by atoms with Crippen molar-refractivity contribution in [1.29, 1.82) is 0 Å². The number of rotatable bonds is 10. The van der Waals surface area contributed by atoms with Crippen molar-refractivity contribution in [2.75, 3.05) is 7.11 Å². The summed E-state index contributed by atoms with van der Waals surface area (Å²) in [5, 5.41) is 4.95. The number of furan rings is 1. The van der Waals surface area contributed by atoms with Gasteiger partial charge >= 0.3 is 0 Å². The van der Waals surface area contributed by atoms with Gasteiger partial charge in [-0.3, -0.25) is 9.59 Å². The summed E-state index contributed by atoms with van der Waals surface area (Å²) in [4.78, 5) is 29.6. The zero-order valence-electron chi connectivity index (χ0n) is 18.8. The van der Waals surface area contributed by atoms with Crippen molar-refractivity contribution in [2.45, 2.75) is 25.6 Å². The Bertz CT molecular complexity index is 1170. The normalized spacial score (nSPS) is 11.6. The van der Waals surface area contributed by atoms with Crippen LogP contribution in [0.15, 0.2) is 94.9 Å². The van der Waals surface area contributed by atoms with Crippen molar-refractivity contribution in [3.63, 3.8) is 0 Å². The zero-order valence-corrected chi connectivity index (χ0v) is 19.7. The van der Waals surface area contributed by atoms with Gasteiger partial charge in [-0.15, -0.1) is 11.3 Å². The van der Waals surface area contributed by atoms with Gasteiger partial charge in [0.05, 0.1) is 26.3 Å². The highest BCUT2D eigenvalue weighted by Gasteiger charge is 2.32. The number of carbonyl (C=O) groups excluding carboxylic acids is 2. The quantitative estimate of drug-likeness (QED) is 0.352. The Morgan fingerprint density at radius 2 is 1.79 bits per heavy atom. The standard InChI is InChI=1S/C27H26N2O4S/c1-32-22-13-11-20(12-14-22)18-28-27(31)26(21-7-3-2-4-8-21)29(19-23-9-5-15-33-23)25(30)17-24-10-6-16-34-24/h2-16,26H,17-19H2,1H3,(H,28,31)/t26-/m1/s1. The number of nitrogens with one attached hydrogen (secondary N) is 1. The van der Waals surface area contributed by atoms with E-state index in [0.717, 1.165) is 21.8 Å². The Hall–Kier alpha value is -3.84. The van der Waals surface area contributed by atoms with Gasteiger partial charge < -0.3 is 19.4 Å². The van der Waals surface area contributed by atoms with E-state index in [1.807, 2.05) is 78.2 Å². The molecule has 0 unspecified atom stereocenters. The van der Waals surface area contributed by atoms with Crippen LogP contribution < -0.4 is 10.1 Å². The number of nitrogens with zero attached hydrogens (tertiary/aromatic N) is 1. The Morgan fingerprint density at radius 3 is 2.44 bits per heavy atom. The fraction of sp³-hybridized carbons (Fsp3) is 0.185. The van der Waals surface area contributed by atoms with Crippen LogP contribution in [0.2, 0.25) is 0 Å². The summed E-state index contributed by atoms with van der Waals surface area (Å²) in [7, 11) is 1.61. The Balaban J connectivity index is 1.61. The van der Waals surface area contributed by atoms with E-state index < -0.39 is 6.04 Å². The number of carbonyl (C=O) groups is 2. The molecule has 0 fully saturated rings. The minimum absolute atomic E-state index is 0.146. The molecule has 0 aliphatic carbocycles. The second-order valence-electron chi connectivity index (χ2n) is 7.74. The van der Waals surface area contributed by atoms with Crippen LogP contribution in [-0.2, 0) is 29.1 Å². The van der Waals surface area contributed by atoms with Gasteiger partial charge in [0.15, 0.2) is 0 Å². The zero-order chi connectivity index (χ0) is 23.8. The highest BCUT2D eigenvalue weighted by Crippen LogP contribution is 2.26. The van der Waals surface area contributed by atoms with Crippen molar-refractivity contribution in [3.8, 4) is 5.75 Å². The van der Waals surface area contributed by atoms with Gasteiger partial charge in [-0.1, -0.05) is 48.5 Å². The average Bonchev–Trinajstić information content (AvgIpc) is 3.58. The molecule has 0 aliphatic heterocycles. The molecule has 4 aromatic rings. The van der Waals surface area contributed by atoms with Crippen LogP contribution in [0.5, 0.6) is 5.75 Å². The fourth-order valence-corrected chi connectivity index (χ4v) is 4.39. The molecule has 2 heterocycles. The lowest BCUT2D eigenvalue weighted by Crippen LogP contribution is -2.43. The summed E-state index contributed by atoms with van der Waals surface area (Å²) < 4.78 is 10.7. The molecule has 0 bridgehead atoms. The molecule has 1 atom stereocenters. The second-order valence-corrected chi connectivity index (χ2v) is 8.77. The molecule has 6 nitrogen and oxygen atoms in total. The van der Waals surface area contributed by atoms with Gasteiger partial charge in [0.1, 0.15) is 17.6 Å². The smallest absolute Gasteiger partial charge is 0.247 e. The molecule has 7 heteroatoms. The van der Waals surface area contributed by atoms with E-state index >= 15 is 0 Å². The van der Waals surface area contributed by atoms with E-state index in [2.05, 4.69) is 5.32 Å². The molecule has 4 rings (SSSR count). The van der Waals surface area contributed by atoms with Crippen LogP contribution in [0.1, 0.15) is 27.8 Å². The van der Waals surface area contributed by atoms with Crippen LogP contribution in [0.25, 0.3) is 0 Å². The largest absolute Gasteiger partial charge is 0.497 e. The maximum Gasteiger partial charge on any atom is 0.247 e. The lowest BCUT2D eigenvalue weighted by molar-refractivity contribution is -0.141. The first-order valence-corrected chi connectivity index (χ1v) is 11.8. The molecular weight excluding hydrogens is 448 g/mol. The summed E-state index contributed by atoms with van der Waals surface area (Å²) >= 11 is 1.52. The van der Waals surface area contributed by atoms with E-state index in [1.54, 1.807) is 24.3 Å². The molecule has 0 saturated carbocycles. The predicted octanol–water partition coefficient (Wildman–Crippen LogP) is 4.98. The van der Waals surface area contributed by atoms with Crippen LogP contribution >= 0.6 is 11.3 Å². The van der Waals surface area contributed by atoms with Gasteiger partial charge in [0.25, 0.3) is 0 Å². The number of amides is 2. The summed E-state index contributed by atoms with van der Waals surface area (Å²) in [6.07, 6.45) is 1.78. The Morgan fingerprint density at radius 1 is 1.00 bits per heavy atom. The highest BCUT2D eigenvalue weighted by molar-refractivity contribution is 7.10. The van der Waals surface area contributed by atoms with Gasteiger partial charge in [0.2, 0.25) is 11.8 Å². The average molecular weight is 475 g/mol. The number of ether oxygens (including phenoxy) is 1. The van der Waals surface area contributed by atoms with Gasteiger partial charge in [-0.05, 0) is 46.8 Å². The monoisotopic (exact) mass is 474 g/mol. The summed E-state index contributed by atoms with van der Waals surface area (Å²) in [5.41, 5.74) is 1.67. The molecule has 2 aromatic carbocycles. The molecule has 0 saturated heterocycles. The molecule has 2 aromatic heterocycles. The van der Waals surface area contributed by atoms with Crippen LogP contribution in [0.3, 0.4) is 0 Å². The van der Waals surface area contributed by atoms with Gasteiger partial charge in [-0.25, -0.2) is 0 Å². The molecule has 0 aliphatic rings. The fourth-order valence-electron chi connectivity index (χ4n) is 3.70. The summed E-state index contributed by atoms with van der Waals surface area (Å²) in [6, 6.07) is 23.5. The third-order valence-electron chi connectivity index (χ3n) is 5.43. The van der Waals surface area contributed by atoms with E-state index in [0.29, 0.717) is 12.3 Å². The number of methoxy groups -OCH3 is 1. The number of thiophene rings is 1. The van der Waals surface area contributed by atoms with Crippen LogP contribution in [0.4, 0.5) is 0 Å². The first kappa shape index (κ1) is 23.3. The minimum atomic E-state index is -0.808. The first-order chi connectivity index (χ1) is 16.6. The maximum absolute atomic E-state index is 13.6. The number of hydrogen-bond donors (Lipinski definition) is 1. The third kappa shape index (κ3) is 5.94. The van der Waals surface area contributed by atoms with Crippen molar-refractivity contribution in [2.24, 2.45) is 0 Å². The Labute approximate surface area is 202 Å². The van der Waals surface area contributed by atoms with Crippen molar-refractivity contribution >= 4 is 23.2 Å². The SMILES string of the molecule is COc1ccc(CNC(=O)[C@@H](c2ccccc2)N(Cc2ccco2)C(=O)Cc2cccs2)cc1. The molecular formula is C27H26N2O4S. The van der Waals surface area contributed by atoms with E-state index in [1.165, 1.54) is 11.3 Å². The molecule has 174 valence electrons. The minimum Gasteiger partial charge on any atom is -0.497 e. The highest BCUT2D eigenvalue weighted by atomic mass is 32.1. The van der Waals surface area contributed by atoms with Crippen molar-refractivity contribution in [3.05, 3.63) is 112 Å². The second kappa shape index (κ2) is 11.3. The van der Waals surface area contributed by atoms with Crippen LogP contribution in [-0.4, -0.2) is 23.8 Å². The molecule has 0 radical (unpaired) electrons. The molecule has 2 amide bonds. The molecule has 34 heavy (non-hydrogen) atoms. The van der Waals surface area contributed by atoms with Gasteiger partial charge in [-0.2, -0.15) is 0 Å². The van der Waals surface area contributed by atoms with E-state index in [4.69, 9.17) is 9.15 Å². The van der Waals surface area contributed by atoms with Gasteiger partial charge in [0, 0.05) is 11.4 Å². The lowest BCUT2D eigenvalue weighted by Gasteiger charge is -2.31. The molecule has 1 N–H and O–H groups in total. The predicted molar refractivity (Wildman–Crippen MR) is 131 cm³/mol. The number of benzene rings is 2. The first-order valence-electron chi connectivity index (χ1n) is 10.9. The Kier molecular flexibility index (Phi) is 7.78. The topological polar surface area (TPSA) is 71.8 Å². The van der Waals surface area contributed by atoms with E-state index in [-0.39, 0.29) is 24.8 Å². The van der Waals surface area contributed by atoms with Crippen molar-refractivity contribution in [1.82, 2.24) is 10.2 Å². The van der Waals surface area contributed by atoms with E-state index in [9.17, 15) is 9.59 Å². The summed E-state index contributed by atoms with van der Waals surface area (Å²) in [6.45, 7) is 0.520. The molecule has 0 spiro atoms. The summed E-state index contributed by atoms with van der Waals surface area (Å²) in [5.74, 6) is 0.963. The lowest BCUT2D eigenvalue weighted by atomic mass is 10.0.